The second kappa shape index (κ2) is 7.32. The van der Waals surface area contributed by atoms with Crippen molar-refractivity contribution in [3.63, 3.8) is 0 Å². The molecular weight excluding hydrogens is 404 g/mol. The third-order valence-electron chi connectivity index (χ3n) is 6.14. The first-order valence-electron chi connectivity index (χ1n) is 10.4. The number of allylic oxidation sites excluding steroid dienone is 2. The molecule has 0 unspecified atom stereocenters. The van der Waals surface area contributed by atoms with Gasteiger partial charge in [0.1, 0.15) is 12.4 Å². The molecule has 0 amide bonds. The van der Waals surface area contributed by atoms with Crippen LogP contribution in [0.3, 0.4) is 0 Å². The summed E-state index contributed by atoms with van der Waals surface area (Å²) in [5, 5.41) is 9.91. The predicted molar refractivity (Wildman–Crippen MR) is 122 cm³/mol. The van der Waals surface area contributed by atoms with Crippen molar-refractivity contribution < 1.29 is 4.79 Å². The van der Waals surface area contributed by atoms with Crippen LogP contribution in [-0.2, 0) is 4.79 Å². The first-order chi connectivity index (χ1) is 15.3. The number of anilines is 1. The van der Waals surface area contributed by atoms with E-state index >= 15 is 0 Å². The molecule has 0 bridgehead atoms. The van der Waals surface area contributed by atoms with Crippen molar-refractivity contribution in [2.24, 2.45) is 0 Å². The Morgan fingerprint density at radius 1 is 0.935 bits per heavy atom. The highest BCUT2D eigenvalue weighted by atomic mass is 32.1. The maximum absolute atomic E-state index is 13.4. The Bertz CT molecular complexity index is 1270. The number of benzene rings is 2. The molecule has 2 aliphatic rings. The molecule has 1 N–H and O–H groups in total. The minimum atomic E-state index is -0.254. The van der Waals surface area contributed by atoms with E-state index < -0.39 is 0 Å². The van der Waals surface area contributed by atoms with Gasteiger partial charge in [0.15, 0.2) is 5.78 Å². The Labute approximate surface area is 184 Å². The van der Waals surface area contributed by atoms with Crippen LogP contribution in [0.2, 0.25) is 0 Å². The smallest absolute Gasteiger partial charge is 0.226 e. The molecule has 0 saturated carbocycles. The number of thiophene rings is 1. The second-order valence-corrected chi connectivity index (χ2v) is 8.96. The number of hydrogen-bond acceptors (Lipinski definition) is 5. The van der Waals surface area contributed by atoms with Gasteiger partial charge in [-0.3, -0.25) is 4.79 Å². The monoisotopic (exact) mass is 424 g/mol. The van der Waals surface area contributed by atoms with Gasteiger partial charge in [-0.1, -0.05) is 60.7 Å². The highest BCUT2D eigenvalue weighted by Gasteiger charge is 2.39. The quantitative estimate of drug-likeness (QED) is 0.477. The maximum Gasteiger partial charge on any atom is 0.226 e. The number of rotatable bonds is 3. The fourth-order valence-corrected chi connectivity index (χ4v) is 5.50. The van der Waals surface area contributed by atoms with Gasteiger partial charge in [0, 0.05) is 28.5 Å². The summed E-state index contributed by atoms with van der Waals surface area (Å²) in [5.74, 6) is 1.09. The molecule has 0 fully saturated rings. The average molecular weight is 425 g/mol. The molecule has 5 nitrogen and oxygen atoms in total. The number of fused-ring (bicyclic) bond motifs is 1. The molecule has 31 heavy (non-hydrogen) atoms. The van der Waals surface area contributed by atoms with Crippen LogP contribution < -0.4 is 5.32 Å². The first kappa shape index (κ1) is 18.3. The molecule has 2 atom stereocenters. The largest absolute Gasteiger partial charge is 0.328 e. The van der Waals surface area contributed by atoms with Crippen LogP contribution in [0, 0.1) is 0 Å². The number of ketones is 1. The molecule has 152 valence electrons. The molecule has 3 heterocycles. The molecule has 6 heteroatoms. The summed E-state index contributed by atoms with van der Waals surface area (Å²) in [7, 11) is 0. The van der Waals surface area contributed by atoms with Gasteiger partial charge in [-0.05, 0) is 34.6 Å². The lowest BCUT2D eigenvalue weighted by Gasteiger charge is -2.34. The summed E-state index contributed by atoms with van der Waals surface area (Å²) in [4.78, 5) is 19.0. The number of aromatic nitrogens is 3. The van der Waals surface area contributed by atoms with Crippen LogP contribution in [0.1, 0.15) is 35.2 Å². The molecule has 6 rings (SSSR count). The lowest BCUT2D eigenvalue weighted by Crippen LogP contribution is -2.33. The van der Waals surface area contributed by atoms with E-state index in [4.69, 9.17) is 0 Å². The summed E-state index contributed by atoms with van der Waals surface area (Å²) in [6.45, 7) is 0. The van der Waals surface area contributed by atoms with Crippen LogP contribution in [0.15, 0.2) is 89.7 Å². The van der Waals surface area contributed by atoms with Crippen LogP contribution in [0.25, 0.3) is 11.1 Å². The van der Waals surface area contributed by atoms with Crippen molar-refractivity contribution in [1.82, 2.24) is 14.8 Å². The van der Waals surface area contributed by atoms with E-state index in [-0.39, 0.29) is 17.7 Å². The van der Waals surface area contributed by atoms with Crippen LogP contribution in [-0.4, -0.2) is 20.5 Å². The standard InChI is InChI=1S/C25H20N4OS/c30-21-14-19(22-7-4-12-31-22)13-20-23(21)24(29-25(28-20)26-15-27-29)18-10-8-17(9-11-18)16-5-2-1-3-6-16/h1-12,15,19,24H,13-14H2,(H,26,27,28)/t19-,24-/m1/s1. The third-order valence-corrected chi connectivity index (χ3v) is 7.18. The van der Waals surface area contributed by atoms with E-state index in [2.05, 4.69) is 69.3 Å². The fraction of sp³-hybridized carbons (Fsp3) is 0.160. The van der Waals surface area contributed by atoms with E-state index in [0.29, 0.717) is 12.4 Å². The molecule has 0 saturated heterocycles. The highest BCUT2D eigenvalue weighted by Crippen LogP contribution is 2.44. The Morgan fingerprint density at radius 3 is 2.52 bits per heavy atom. The van der Waals surface area contributed by atoms with Crippen molar-refractivity contribution >= 4 is 23.1 Å². The Hall–Kier alpha value is -3.51. The zero-order chi connectivity index (χ0) is 20.8. The normalized spacial score (nSPS) is 20.2. The fourth-order valence-electron chi connectivity index (χ4n) is 4.67. The molecule has 4 aromatic rings. The number of carbonyl (C=O) groups excluding carboxylic acids is 1. The lowest BCUT2D eigenvalue weighted by atomic mass is 9.80. The van der Waals surface area contributed by atoms with Gasteiger partial charge in [0.2, 0.25) is 5.95 Å². The van der Waals surface area contributed by atoms with E-state index in [1.807, 2.05) is 22.9 Å². The number of Topliss-reactive ketones (excluding diaryl/α,β-unsaturated/α-hetero) is 1. The zero-order valence-electron chi connectivity index (χ0n) is 16.7. The SMILES string of the molecule is O=C1C[C@H](c2cccs2)CC2=C1[C@@H](c1ccc(-c3ccccc3)cc1)n1ncnc1N2. The first-order valence-corrected chi connectivity index (χ1v) is 11.3. The minimum Gasteiger partial charge on any atom is -0.328 e. The molecule has 1 aliphatic carbocycles. The van der Waals surface area contributed by atoms with Crippen molar-refractivity contribution in [2.75, 3.05) is 5.32 Å². The summed E-state index contributed by atoms with van der Waals surface area (Å²) in [5.41, 5.74) is 5.17. The van der Waals surface area contributed by atoms with Crippen LogP contribution in [0.5, 0.6) is 0 Å². The van der Waals surface area contributed by atoms with E-state index in [9.17, 15) is 4.79 Å². The molecule has 2 aromatic carbocycles. The Kier molecular flexibility index (Phi) is 4.32. The Balaban J connectivity index is 1.41. The predicted octanol–water partition coefficient (Wildman–Crippen LogP) is 5.42. The van der Waals surface area contributed by atoms with E-state index in [1.165, 1.54) is 10.4 Å². The van der Waals surface area contributed by atoms with Gasteiger partial charge in [-0.15, -0.1) is 11.3 Å². The van der Waals surface area contributed by atoms with Gasteiger partial charge in [0.25, 0.3) is 0 Å². The van der Waals surface area contributed by atoms with Crippen molar-refractivity contribution in [3.8, 4) is 11.1 Å². The average Bonchev–Trinajstić information content (AvgIpc) is 3.50. The second-order valence-electron chi connectivity index (χ2n) is 7.98. The zero-order valence-corrected chi connectivity index (χ0v) is 17.5. The number of hydrogen-bond donors (Lipinski definition) is 1. The van der Waals surface area contributed by atoms with Gasteiger partial charge in [-0.25, -0.2) is 4.68 Å². The van der Waals surface area contributed by atoms with Crippen molar-refractivity contribution in [3.05, 3.63) is 100 Å². The number of carbonyl (C=O) groups is 1. The molecule has 1 aliphatic heterocycles. The Morgan fingerprint density at radius 2 is 1.74 bits per heavy atom. The summed E-state index contributed by atoms with van der Waals surface area (Å²) >= 11 is 1.72. The van der Waals surface area contributed by atoms with Gasteiger partial charge in [-0.2, -0.15) is 10.1 Å². The number of nitrogens with zero attached hydrogens (tertiary/aromatic N) is 3. The topological polar surface area (TPSA) is 59.8 Å². The van der Waals surface area contributed by atoms with Gasteiger partial charge in [0.05, 0.1) is 0 Å². The van der Waals surface area contributed by atoms with E-state index in [0.717, 1.165) is 28.8 Å². The summed E-state index contributed by atoms with van der Waals surface area (Å²) in [6.07, 6.45) is 2.89. The molecule has 2 aromatic heterocycles. The lowest BCUT2D eigenvalue weighted by molar-refractivity contribution is -0.116. The molecule has 0 spiro atoms. The summed E-state index contributed by atoms with van der Waals surface area (Å²) in [6, 6.07) is 22.7. The third kappa shape index (κ3) is 3.11. The molecule has 0 radical (unpaired) electrons. The van der Waals surface area contributed by atoms with Crippen LogP contribution >= 0.6 is 11.3 Å². The maximum atomic E-state index is 13.4. The van der Waals surface area contributed by atoms with Gasteiger partial charge < -0.3 is 5.32 Å². The molecular formula is C25H20N4OS. The summed E-state index contributed by atoms with van der Waals surface area (Å²) < 4.78 is 1.83. The van der Waals surface area contributed by atoms with Crippen LogP contribution in [0.4, 0.5) is 5.95 Å². The van der Waals surface area contributed by atoms with Crippen molar-refractivity contribution in [2.45, 2.75) is 24.8 Å². The van der Waals surface area contributed by atoms with Gasteiger partial charge >= 0.3 is 0 Å². The highest BCUT2D eigenvalue weighted by molar-refractivity contribution is 7.10. The number of nitrogens with one attached hydrogen (secondary N) is 1. The van der Waals surface area contributed by atoms with E-state index in [1.54, 1.807) is 17.7 Å². The van der Waals surface area contributed by atoms with Crippen molar-refractivity contribution in [1.29, 1.82) is 0 Å². The minimum absolute atomic E-state index is 0.186.